The van der Waals surface area contributed by atoms with Gasteiger partial charge in [-0.15, -0.1) is 0 Å². The largest absolute Gasteiger partial charge is 0.406 e. The normalized spacial score (nSPS) is 12.4. The molecule has 0 bridgehead atoms. The van der Waals surface area contributed by atoms with Crippen molar-refractivity contribution in [3.8, 4) is 0 Å². The Morgan fingerprint density at radius 3 is 2.80 bits per heavy atom. The quantitative estimate of drug-likeness (QED) is 0.647. The molecule has 3 rings (SSSR count). The molecule has 3 aromatic rings. The summed E-state index contributed by atoms with van der Waals surface area (Å²) in [5.41, 5.74) is 0.000685. The Kier molecular flexibility index (Phi) is 3.00. The summed E-state index contributed by atoms with van der Waals surface area (Å²) in [6.45, 7) is -1.22. The summed E-state index contributed by atoms with van der Waals surface area (Å²) in [6, 6.07) is 4.99. The third kappa shape index (κ3) is 2.17. The third-order valence-corrected chi connectivity index (χ3v) is 3.61. The van der Waals surface area contributed by atoms with Crippen molar-refractivity contribution in [3.05, 3.63) is 38.5 Å². The lowest BCUT2D eigenvalue weighted by Crippen LogP contribution is -2.20. The first-order valence-electron chi connectivity index (χ1n) is 5.59. The van der Waals surface area contributed by atoms with E-state index in [0.29, 0.717) is 10.9 Å². The maximum Gasteiger partial charge on any atom is 0.406 e. The van der Waals surface area contributed by atoms with Crippen molar-refractivity contribution >= 4 is 44.5 Å². The van der Waals surface area contributed by atoms with Gasteiger partial charge in [0, 0.05) is 8.96 Å². The number of benzene rings is 1. The fourth-order valence-corrected chi connectivity index (χ4v) is 2.73. The Morgan fingerprint density at radius 2 is 2.10 bits per heavy atom. The van der Waals surface area contributed by atoms with E-state index in [-0.39, 0.29) is 11.0 Å². The molecule has 0 atom stereocenters. The van der Waals surface area contributed by atoms with Crippen LogP contribution in [0.1, 0.15) is 0 Å². The van der Waals surface area contributed by atoms with Crippen molar-refractivity contribution in [2.45, 2.75) is 12.7 Å². The van der Waals surface area contributed by atoms with Gasteiger partial charge in [-0.3, -0.25) is 4.79 Å². The standard InChI is InChI=1S/C12H7F3IN3O/c13-12(14,15)4-19-8-2-1-6(16)3-7(8)9-10(19)11(20)18-5-17-9/h1-3,5H,4H2,(H,17,18,20). The molecule has 0 aliphatic heterocycles. The molecule has 1 N–H and O–H groups in total. The van der Waals surface area contributed by atoms with E-state index in [0.717, 1.165) is 8.14 Å². The lowest BCUT2D eigenvalue weighted by atomic mass is 10.2. The zero-order valence-corrected chi connectivity index (χ0v) is 12.0. The summed E-state index contributed by atoms with van der Waals surface area (Å²) in [4.78, 5) is 18.2. The first-order chi connectivity index (χ1) is 9.37. The summed E-state index contributed by atoms with van der Waals surface area (Å²) in [6.07, 6.45) is -3.22. The molecule has 1 aromatic carbocycles. The number of alkyl halides is 3. The number of hydrogen-bond donors (Lipinski definition) is 1. The second kappa shape index (κ2) is 4.47. The minimum absolute atomic E-state index is 0.0539. The Hall–Kier alpha value is -1.58. The van der Waals surface area contributed by atoms with E-state index in [4.69, 9.17) is 0 Å². The highest BCUT2D eigenvalue weighted by Gasteiger charge is 2.30. The fourth-order valence-electron chi connectivity index (χ4n) is 2.24. The molecular weight excluding hydrogens is 386 g/mol. The second-order valence-corrected chi connectivity index (χ2v) is 5.54. The average molecular weight is 393 g/mol. The Labute approximate surface area is 123 Å². The van der Waals surface area contributed by atoms with Gasteiger partial charge in [-0.1, -0.05) is 0 Å². The molecule has 8 heteroatoms. The number of fused-ring (bicyclic) bond motifs is 3. The van der Waals surface area contributed by atoms with Crippen LogP contribution in [0.2, 0.25) is 0 Å². The average Bonchev–Trinajstić information content (AvgIpc) is 2.63. The van der Waals surface area contributed by atoms with Gasteiger partial charge >= 0.3 is 6.18 Å². The predicted octanol–water partition coefficient (Wildman–Crippen LogP) is 3.04. The Morgan fingerprint density at radius 1 is 1.35 bits per heavy atom. The zero-order chi connectivity index (χ0) is 14.5. The van der Waals surface area contributed by atoms with E-state index in [9.17, 15) is 18.0 Å². The molecule has 0 saturated carbocycles. The topological polar surface area (TPSA) is 50.7 Å². The van der Waals surface area contributed by atoms with Crippen LogP contribution in [-0.2, 0) is 6.54 Å². The molecule has 0 saturated heterocycles. The van der Waals surface area contributed by atoms with Crippen LogP contribution >= 0.6 is 22.6 Å². The number of hydrogen-bond acceptors (Lipinski definition) is 2. The molecule has 0 spiro atoms. The lowest BCUT2D eigenvalue weighted by Gasteiger charge is -2.09. The molecule has 2 aromatic heterocycles. The van der Waals surface area contributed by atoms with E-state index < -0.39 is 18.3 Å². The fraction of sp³-hybridized carbons (Fsp3) is 0.167. The zero-order valence-electron chi connectivity index (χ0n) is 9.83. The predicted molar refractivity (Wildman–Crippen MR) is 76.6 cm³/mol. The SMILES string of the molecule is O=c1[nH]cnc2c3cc(I)ccc3n(CC(F)(F)F)c12. The van der Waals surface area contributed by atoms with E-state index in [2.05, 4.69) is 32.6 Å². The van der Waals surface area contributed by atoms with Crippen molar-refractivity contribution in [1.82, 2.24) is 14.5 Å². The molecule has 0 radical (unpaired) electrons. The molecule has 104 valence electrons. The minimum Gasteiger partial charge on any atom is -0.325 e. The number of rotatable bonds is 1. The number of nitrogens with one attached hydrogen (secondary N) is 1. The minimum atomic E-state index is -4.41. The van der Waals surface area contributed by atoms with Crippen LogP contribution in [-0.4, -0.2) is 20.7 Å². The number of nitrogens with zero attached hydrogens (tertiary/aromatic N) is 2. The van der Waals surface area contributed by atoms with Gasteiger partial charge in [0.1, 0.15) is 17.6 Å². The van der Waals surface area contributed by atoms with E-state index >= 15 is 0 Å². The highest BCUT2D eigenvalue weighted by atomic mass is 127. The maximum atomic E-state index is 12.7. The van der Waals surface area contributed by atoms with Crippen molar-refractivity contribution in [1.29, 1.82) is 0 Å². The van der Waals surface area contributed by atoms with Crippen LogP contribution in [0, 0.1) is 3.57 Å². The summed E-state index contributed by atoms with van der Waals surface area (Å²) >= 11 is 2.06. The molecule has 0 aliphatic rings. The molecule has 0 fully saturated rings. The Balaban J connectivity index is 2.48. The van der Waals surface area contributed by atoms with Gasteiger partial charge in [0.15, 0.2) is 0 Å². The van der Waals surface area contributed by atoms with Gasteiger partial charge in [-0.05, 0) is 40.8 Å². The smallest absolute Gasteiger partial charge is 0.325 e. The highest BCUT2D eigenvalue weighted by molar-refractivity contribution is 14.1. The first-order valence-corrected chi connectivity index (χ1v) is 6.66. The lowest BCUT2D eigenvalue weighted by molar-refractivity contribution is -0.139. The van der Waals surface area contributed by atoms with Gasteiger partial charge in [-0.25, -0.2) is 4.98 Å². The summed E-state index contributed by atoms with van der Waals surface area (Å²) < 4.78 is 40.0. The number of aromatic amines is 1. The molecule has 0 aliphatic carbocycles. The van der Waals surface area contributed by atoms with Crippen molar-refractivity contribution in [2.24, 2.45) is 0 Å². The summed E-state index contributed by atoms with van der Waals surface area (Å²) in [5.74, 6) is 0. The maximum absolute atomic E-state index is 12.7. The molecule has 0 amide bonds. The van der Waals surface area contributed by atoms with E-state index in [1.54, 1.807) is 18.2 Å². The number of H-pyrrole nitrogens is 1. The highest BCUT2D eigenvalue weighted by Crippen LogP contribution is 2.29. The van der Waals surface area contributed by atoms with Gasteiger partial charge in [-0.2, -0.15) is 13.2 Å². The molecule has 2 heterocycles. The molecule has 0 unspecified atom stereocenters. The van der Waals surface area contributed by atoms with Gasteiger partial charge in [0.05, 0.1) is 11.8 Å². The van der Waals surface area contributed by atoms with Crippen molar-refractivity contribution in [2.75, 3.05) is 0 Å². The summed E-state index contributed by atoms with van der Waals surface area (Å²) in [5, 5.41) is 0.544. The summed E-state index contributed by atoms with van der Waals surface area (Å²) in [7, 11) is 0. The molecular formula is C12H7F3IN3O. The van der Waals surface area contributed by atoms with Crippen LogP contribution in [0.3, 0.4) is 0 Å². The van der Waals surface area contributed by atoms with Crippen LogP contribution in [0.15, 0.2) is 29.3 Å². The van der Waals surface area contributed by atoms with Crippen LogP contribution in [0.25, 0.3) is 21.9 Å². The number of halogens is 4. The van der Waals surface area contributed by atoms with Crippen molar-refractivity contribution < 1.29 is 13.2 Å². The van der Waals surface area contributed by atoms with E-state index in [1.807, 2.05) is 0 Å². The van der Waals surface area contributed by atoms with Gasteiger partial charge in [0.2, 0.25) is 0 Å². The monoisotopic (exact) mass is 393 g/mol. The van der Waals surface area contributed by atoms with Crippen molar-refractivity contribution in [3.63, 3.8) is 0 Å². The van der Waals surface area contributed by atoms with Gasteiger partial charge in [0.25, 0.3) is 5.56 Å². The van der Waals surface area contributed by atoms with E-state index in [1.165, 1.54) is 6.33 Å². The Bertz CT molecular complexity index is 866. The molecule has 4 nitrogen and oxygen atoms in total. The van der Waals surface area contributed by atoms with Crippen LogP contribution in [0.5, 0.6) is 0 Å². The molecule has 20 heavy (non-hydrogen) atoms. The van der Waals surface area contributed by atoms with Crippen LogP contribution in [0.4, 0.5) is 13.2 Å². The third-order valence-electron chi connectivity index (χ3n) is 2.94. The second-order valence-electron chi connectivity index (χ2n) is 4.29. The van der Waals surface area contributed by atoms with Crippen LogP contribution < -0.4 is 5.56 Å². The number of aromatic nitrogens is 3. The van der Waals surface area contributed by atoms with Gasteiger partial charge < -0.3 is 9.55 Å². The first kappa shape index (κ1) is 13.4.